The summed E-state index contributed by atoms with van der Waals surface area (Å²) in [6.45, 7) is 0. The Bertz CT molecular complexity index is 1060. The molecule has 0 unspecified atom stereocenters. The van der Waals surface area contributed by atoms with Crippen LogP contribution in [0.2, 0.25) is 0 Å². The van der Waals surface area contributed by atoms with Gasteiger partial charge < -0.3 is 20.1 Å². The van der Waals surface area contributed by atoms with Crippen molar-refractivity contribution in [1.29, 1.82) is 0 Å². The molecular formula is C22H24N4O4. The van der Waals surface area contributed by atoms with Crippen molar-refractivity contribution in [2.45, 2.75) is 31.7 Å². The number of pyridine rings is 1. The molecular weight excluding hydrogens is 384 g/mol. The predicted molar refractivity (Wildman–Crippen MR) is 112 cm³/mol. The maximum absolute atomic E-state index is 13.1. The van der Waals surface area contributed by atoms with Gasteiger partial charge in [-0.3, -0.25) is 14.0 Å². The van der Waals surface area contributed by atoms with Crippen LogP contribution in [-0.4, -0.2) is 41.5 Å². The van der Waals surface area contributed by atoms with E-state index >= 15 is 0 Å². The molecule has 0 atom stereocenters. The van der Waals surface area contributed by atoms with Crippen LogP contribution in [0.15, 0.2) is 42.6 Å². The number of anilines is 1. The molecule has 1 fully saturated rings. The quantitative estimate of drug-likeness (QED) is 0.653. The Kier molecular flexibility index (Phi) is 5.56. The number of benzene rings is 1. The lowest BCUT2D eigenvalue weighted by molar-refractivity contribution is 0.0933. The minimum Gasteiger partial charge on any atom is -0.497 e. The number of carbonyl (C=O) groups excluding carboxylic acids is 2. The van der Waals surface area contributed by atoms with Crippen molar-refractivity contribution in [3.63, 3.8) is 0 Å². The minimum absolute atomic E-state index is 0.151. The number of amides is 2. The molecule has 8 heteroatoms. The van der Waals surface area contributed by atoms with Crippen LogP contribution in [0.1, 0.15) is 46.5 Å². The molecule has 2 aromatic heterocycles. The van der Waals surface area contributed by atoms with Crippen molar-refractivity contribution in [2.24, 2.45) is 0 Å². The number of hydrogen-bond donors (Lipinski definition) is 2. The van der Waals surface area contributed by atoms with Crippen molar-refractivity contribution in [1.82, 2.24) is 14.7 Å². The molecule has 0 radical (unpaired) electrons. The monoisotopic (exact) mass is 408 g/mol. The maximum atomic E-state index is 13.1. The number of ether oxygens (including phenoxy) is 2. The summed E-state index contributed by atoms with van der Waals surface area (Å²) in [7, 11) is 3.04. The fourth-order valence-electron chi connectivity index (χ4n) is 3.74. The maximum Gasteiger partial charge on any atom is 0.272 e. The van der Waals surface area contributed by atoms with E-state index in [1.165, 1.54) is 14.2 Å². The molecule has 1 aliphatic carbocycles. The average molecular weight is 408 g/mol. The van der Waals surface area contributed by atoms with E-state index in [4.69, 9.17) is 9.47 Å². The first-order chi connectivity index (χ1) is 14.6. The molecule has 0 aliphatic heterocycles. The molecule has 0 bridgehead atoms. The number of methoxy groups -OCH3 is 2. The van der Waals surface area contributed by atoms with Crippen molar-refractivity contribution >= 4 is 23.3 Å². The molecule has 0 spiro atoms. The van der Waals surface area contributed by atoms with E-state index in [2.05, 4.69) is 15.6 Å². The fourth-order valence-corrected chi connectivity index (χ4v) is 3.74. The number of hydrogen-bond acceptors (Lipinski definition) is 5. The highest BCUT2D eigenvalue weighted by atomic mass is 16.5. The zero-order valence-corrected chi connectivity index (χ0v) is 17.0. The third kappa shape index (κ3) is 3.94. The van der Waals surface area contributed by atoms with Crippen LogP contribution in [0, 0.1) is 0 Å². The van der Waals surface area contributed by atoms with Gasteiger partial charge in [-0.2, -0.15) is 0 Å². The predicted octanol–water partition coefficient (Wildman–Crippen LogP) is 3.28. The largest absolute Gasteiger partial charge is 0.497 e. The van der Waals surface area contributed by atoms with E-state index in [1.54, 1.807) is 34.9 Å². The van der Waals surface area contributed by atoms with E-state index in [9.17, 15) is 9.59 Å². The molecule has 2 amide bonds. The summed E-state index contributed by atoms with van der Waals surface area (Å²) in [5, 5.41) is 5.85. The molecule has 1 saturated carbocycles. The number of aromatic nitrogens is 2. The van der Waals surface area contributed by atoms with Crippen LogP contribution in [0.5, 0.6) is 11.5 Å². The first-order valence-electron chi connectivity index (χ1n) is 9.91. The Morgan fingerprint density at radius 2 is 1.73 bits per heavy atom. The van der Waals surface area contributed by atoms with Gasteiger partial charge in [-0.1, -0.05) is 18.9 Å². The van der Waals surface area contributed by atoms with Crippen molar-refractivity contribution in [2.75, 3.05) is 19.5 Å². The van der Waals surface area contributed by atoms with Crippen LogP contribution >= 0.6 is 0 Å². The Balaban J connectivity index is 1.67. The van der Waals surface area contributed by atoms with Gasteiger partial charge in [0.25, 0.3) is 11.8 Å². The lowest BCUT2D eigenvalue weighted by Gasteiger charge is -2.13. The van der Waals surface area contributed by atoms with Gasteiger partial charge in [-0.25, -0.2) is 4.98 Å². The summed E-state index contributed by atoms with van der Waals surface area (Å²) < 4.78 is 12.2. The summed E-state index contributed by atoms with van der Waals surface area (Å²) in [4.78, 5) is 30.5. The molecule has 30 heavy (non-hydrogen) atoms. The topological polar surface area (TPSA) is 94.0 Å². The number of nitrogens with zero attached hydrogens (tertiary/aromatic N) is 2. The smallest absolute Gasteiger partial charge is 0.272 e. The normalized spacial score (nSPS) is 13.9. The summed E-state index contributed by atoms with van der Waals surface area (Å²) >= 11 is 0. The van der Waals surface area contributed by atoms with Gasteiger partial charge in [0.1, 0.15) is 17.1 Å². The first-order valence-corrected chi connectivity index (χ1v) is 9.91. The van der Waals surface area contributed by atoms with E-state index in [-0.39, 0.29) is 17.8 Å². The zero-order chi connectivity index (χ0) is 21.1. The Morgan fingerprint density at radius 3 is 2.40 bits per heavy atom. The molecule has 3 aromatic rings. The molecule has 4 rings (SSSR count). The first kappa shape index (κ1) is 19.8. The van der Waals surface area contributed by atoms with Gasteiger partial charge in [0, 0.05) is 23.9 Å². The molecule has 2 heterocycles. The van der Waals surface area contributed by atoms with E-state index in [0.29, 0.717) is 28.4 Å². The minimum atomic E-state index is -0.412. The number of fused-ring (bicyclic) bond motifs is 1. The van der Waals surface area contributed by atoms with Crippen LogP contribution < -0.4 is 20.1 Å². The summed E-state index contributed by atoms with van der Waals surface area (Å²) in [6, 6.07) is 10.5. The van der Waals surface area contributed by atoms with Crippen molar-refractivity contribution < 1.29 is 19.1 Å². The van der Waals surface area contributed by atoms with E-state index in [1.807, 2.05) is 12.1 Å². The standard InChI is InChI=1S/C22H24N4O4/c1-29-16-11-14(12-17(13-16)30-2)21(27)25-20-19(22(28)23-15-7-3-4-8-15)26-10-6-5-9-18(26)24-20/h5-6,9-13,15H,3-4,7-8H2,1-2H3,(H,23,28)(H,25,27). The Morgan fingerprint density at radius 1 is 1.03 bits per heavy atom. The third-order valence-corrected chi connectivity index (χ3v) is 5.28. The van der Waals surface area contributed by atoms with Crippen molar-refractivity contribution in [3.05, 3.63) is 53.9 Å². The second-order valence-corrected chi connectivity index (χ2v) is 7.25. The van der Waals surface area contributed by atoms with Crippen LogP contribution in [0.3, 0.4) is 0 Å². The van der Waals surface area contributed by atoms with Gasteiger partial charge in [0.05, 0.1) is 14.2 Å². The number of nitrogens with one attached hydrogen (secondary N) is 2. The average Bonchev–Trinajstić information content (AvgIpc) is 3.40. The van der Waals surface area contributed by atoms with Crippen molar-refractivity contribution in [3.8, 4) is 11.5 Å². The van der Waals surface area contributed by atoms with Crippen LogP contribution in [-0.2, 0) is 0 Å². The van der Waals surface area contributed by atoms with Gasteiger partial charge >= 0.3 is 0 Å². The zero-order valence-electron chi connectivity index (χ0n) is 17.0. The Hall–Kier alpha value is -3.55. The fraction of sp³-hybridized carbons (Fsp3) is 0.318. The third-order valence-electron chi connectivity index (χ3n) is 5.28. The number of rotatable bonds is 6. The molecule has 8 nitrogen and oxygen atoms in total. The van der Waals surface area contributed by atoms with Crippen LogP contribution in [0.25, 0.3) is 5.65 Å². The second kappa shape index (κ2) is 8.44. The van der Waals surface area contributed by atoms with Gasteiger partial charge in [0.15, 0.2) is 11.5 Å². The second-order valence-electron chi connectivity index (χ2n) is 7.25. The lowest BCUT2D eigenvalue weighted by atomic mass is 10.2. The van der Waals surface area contributed by atoms with Gasteiger partial charge in [0.2, 0.25) is 0 Å². The van der Waals surface area contributed by atoms with Crippen LogP contribution in [0.4, 0.5) is 5.82 Å². The Labute approximate surface area is 174 Å². The van der Waals surface area contributed by atoms with E-state index in [0.717, 1.165) is 25.7 Å². The molecule has 1 aliphatic rings. The molecule has 2 N–H and O–H groups in total. The molecule has 156 valence electrons. The highest BCUT2D eigenvalue weighted by Gasteiger charge is 2.25. The summed E-state index contributed by atoms with van der Waals surface area (Å²) in [5.41, 5.74) is 1.22. The van der Waals surface area contributed by atoms with E-state index < -0.39 is 5.91 Å². The highest BCUT2D eigenvalue weighted by molar-refractivity contribution is 6.08. The molecule has 1 aromatic carbocycles. The molecule has 0 saturated heterocycles. The SMILES string of the molecule is COc1cc(OC)cc(C(=O)Nc2nc3ccccn3c2C(=O)NC2CCCC2)c1. The van der Waals surface area contributed by atoms with Gasteiger partial charge in [-0.05, 0) is 37.1 Å². The highest BCUT2D eigenvalue weighted by Crippen LogP contribution is 2.25. The summed E-state index contributed by atoms with van der Waals surface area (Å²) in [6.07, 6.45) is 5.91. The van der Waals surface area contributed by atoms with Gasteiger partial charge in [-0.15, -0.1) is 0 Å². The summed E-state index contributed by atoms with van der Waals surface area (Å²) in [5.74, 6) is 0.538. The number of carbonyl (C=O) groups is 2. The lowest BCUT2D eigenvalue weighted by Crippen LogP contribution is -2.34. The number of imidazole rings is 1.